The first kappa shape index (κ1) is 16.8. The Labute approximate surface area is 145 Å². The van der Waals surface area contributed by atoms with Gasteiger partial charge in [-0.05, 0) is 39.0 Å². The van der Waals surface area contributed by atoms with Gasteiger partial charge in [-0.1, -0.05) is 11.2 Å². The van der Waals surface area contributed by atoms with E-state index in [-0.39, 0.29) is 5.91 Å². The molecule has 0 aliphatic heterocycles. The fraction of sp³-hybridized carbons (Fsp3) is 0.278. The highest BCUT2D eigenvalue weighted by atomic mass is 16.5. The number of hydrogen-bond acceptors (Lipinski definition) is 5. The van der Waals surface area contributed by atoms with E-state index in [1.807, 2.05) is 26.8 Å². The topological polar surface area (TPSA) is 82.2 Å². The zero-order chi connectivity index (χ0) is 17.8. The van der Waals surface area contributed by atoms with Gasteiger partial charge in [0, 0.05) is 17.3 Å². The van der Waals surface area contributed by atoms with E-state index in [1.165, 1.54) is 0 Å². The van der Waals surface area contributed by atoms with E-state index < -0.39 is 0 Å². The zero-order valence-electron chi connectivity index (χ0n) is 14.4. The summed E-state index contributed by atoms with van der Waals surface area (Å²) in [5.74, 6) is 1.23. The van der Waals surface area contributed by atoms with Crippen molar-refractivity contribution in [2.24, 2.45) is 0 Å². The summed E-state index contributed by atoms with van der Waals surface area (Å²) in [4.78, 5) is 12.4. The minimum absolute atomic E-state index is 0.210. The predicted molar refractivity (Wildman–Crippen MR) is 92.9 cm³/mol. The van der Waals surface area contributed by atoms with Crippen molar-refractivity contribution < 1.29 is 14.1 Å². The molecule has 3 rings (SSSR count). The first-order chi connectivity index (χ1) is 12.1. The van der Waals surface area contributed by atoms with Gasteiger partial charge in [-0.3, -0.25) is 9.48 Å². The highest BCUT2D eigenvalue weighted by Crippen LogP contribution is 2.17. The Morgan fingerprint density at radius 2 is 2.20 bits per heavy atom. The molecule has 130 valence electrons. The lowest BCUT2D eigenvalue weighted by Crippen LogP contribution is -2.11. The minimum atomic E-state index is -0.210. The Morgan fingerprint density at radius 3 is 2.92 bits per heavy atom. The van der Waals surface area contributed by atoms with Crippen LogP contribution in [0.2, 0.25) is 0 Å². The lowest BCUT2D eigenvalue weighted by atomic mass is 10.2. The molecule has 0 spiro atoms. The van der Waals surface area contributed by atoms with E-state index in [1.54, 1.807) is 35.3 Å². The molecular weight excluding hydrogens is 320 g/mol. The third-order valence-corrected chi connectivity index (χ3v) is 3.80. The number of nitrogens with one attached hydrogen (secondary N) is 1. The van der Waals surface area contributed by atoms with Gasteiger partial charge in [0.25, 0.3) is 5.91 Å². The molecule has 0 bridgehead atoms. The fourth-order valence-electron chi connectivity index (χ4n) is 2.50. The van der Waals surface area contributed by atoms with Crippen LogP contribution in [-0.4, -0.2) is 27.5 Å². The molecule has 1 amide bonds. The van der Waals surface area contributed by atoms with Crippen molar-refractivity contribution in [1.29, 1.82) is 0 Å². The fourth-order valence-corrected chi connectivity index (χ4v) is 2.50. The second-order valence-electron chi connectivity index (χ2n) is 5.64. The largest absolute Gasteiger partial charge is 0.494 e. The normalized spacial score (nSPS) is 10.7. The SMILES string of the molecule is CCOc1cccc(C(=O)Nc2cnn(Cc3c(C)noc3C)c2)c1. The molecule has 0 saturated carbocycles. The summed E-state index contributed by atoms with van der Waals surface area (Å²) in [7, 11) is 0. The standard InChI is InChI=1S/C18H20N4O3/c1-4-24-16-7-5-6-14(8-16)18(23)20-15-9-19-22(10-15)11-17-12(2)21-25-13(17)3/h5-10H,4,11H2,1-3H3,(H,20,23). The van der Waals surface area contributed by atoms with Crippen molar-refractivity contribution in [3.05, 3.63) is 59.2 Å². The summed E-state index contributed by atoms with van der Waals surface area (Å²) in [6, 6.07) is 7.07. The zero-order valence-corrected chi connectivity index (χ0v) is 14.4. The van der Waals surface area contributed by atoms with Gasteiger partial charge < -0.3 is 14.6 Å². The Bertz CT molecular complexity index is 863. The Kier molecular flexibility index (Phi) is 4.83. The molecular formula is C18H20N4O3. The van der Waals surface area contributed by atoms with Crippen molar-refractivity contribution in [3.63, 3.8) is 0 Å². The summed E-state index contributed by atoms with van der Waals surface area (Å²) < 4.78 is 12.3. The second kappa shape index (κ2) is 7.21. The van der Waals surface area contributed by atoms with Gasteiger partial charge in [0.1, 0.15) is 11.5 Å². The van der Waals surface area contributed by atoms with Crippen LogP contribution in [0.15, 0.2) is 41.2 Å². The maximum absolute atomic E-state index is 12.4. The van der Waals surface area contributed by atoms with Gasteiger partial charge >= 0.3 is 0 Å². The summed E-state index contributed by atoms with van der Waals surface area (Å²) in [5.41, 5.74) is 2.99. The number of anilines is 1. The number of benzene rings is 1. The van der Waals surface area contributed by atoms with Crippen LogP contribution in [0.25, 0.3) is 0 Å². The Hall–Kier alpha value is -3.09. The van der Waals surface area contributed by atoms with Crippen molar-refractivity contribution in [2.45, 2.75) is 27.3 Å². The van der Waals surface area contributed by atoms with Crippen LogP contribution in [0, 0.1) is 13.8 Å². The molecule has 1 N–H and O–H groups in total. The van der Waals surface area contributed by atoms with Crippen LogP contribution in [0.1, 0.15) is 34.3 Å². The molecule has 3 aromatic rings. The van der Waals surface area contributed by atoms with Gasteiger partial charge in [-0.25, -0.2) is 0 Å². The maximum atomic E-state index is 12.4. The molecule has 0 saturated heterocycles. The summed E-state index contributed by atoms with van der Waals surface area (Å²) in [6.45, 7) is 6.76. The van der Waals surface area contributed by atoms with Crippen LogP contribution < -0.4 is 10.1 Å². The van der Waals surface area contributed by atoms with Crippen molar-refractivity contribution in [3.8, 4) is 5.75 Å². The Balaban J connectivity index is 1.69. The van der Waals surface area contributed by atoms with Crippen LogP contribution in [0.3, 0.4) is 0 Å². The molecule has 2 aromatic heterocycles. The quantitative estimate of drug-likeness (QED) is 0.745. The molecule has 0 fully saturated rings. The van der Waals surface area contributed by atoms with Gasteiger partial charge in [0.05, 0.1) is 30.7 Å². The van der Waals surface area contributed by atoms with Crippen LogP contribution in [0.5, 0.6) is 5.75 Å². The number of hydrogen-bond donors (Lipinski definition) is 1. The van der Waals surface area contributed by atoms with E-state index in [9.17, 15) is 4.79 Å². The smallest absolute Gasteiger partial charge is 0.255 e. The van der Waals surface area contributed by atoms with E-state index >= 15 is 0 Å². The van der Waals surface area contributed by atoms with E-state index in [4.69, 9.17) is 9.26 Å². The highest BCUT2D eigenvalue weighted by molar-refractivity contribution is 6.04. The average Bonchev–Trinajstić information content (AvgIpc) is 3.17. The highest BCUT2D eigenvalue weighted by Gasteiger charge is 2.12. The molecule has 25 heavy (non-hydrogen) atoms. The molecule has 7 heteroatoms. The first-order valence-corrected chi connectivity index (χ1v) is 8.05. The molecule has 0 aliphatic carbocycles. The average molecular weight is 340 g/mol. The number of rotatable bonds is 6. The molecule has 7 nitrogen and oxygen atoms in total. The minimum Gasteiger partial charge on any atom is -0.494 e. The number of carbonyl (C=O) groups is 1. The Morgan fingerprint density at radius 1 is 1.36 bits per heavy atom. The van der Waals surface area contributed by atoms with Crippen molar-refractivity contribution in [2.75, 3.05) is 11.9 Å². The van der Waals surface area contributed by atoms with E-state index in [0.717, 1.165) is 17.0 Å². The third kappa shape index (κ3) is 3.88. The van der Waals surface area contributed by atoms with Gasteiger partial charge in [-0.15, -0.1) is 0 Å². The number of nitrogens with zero attached hydrogens (tertiary/aromatic N) is 3. The van der Waals surface area contributed by atoms with Crippen molar-refractivity contribution in [1.82, 2.24) is 14.9 Å². The van der Waals surface area contributed by atoms with Gasteiger partial charge in [-0.2, -0.15) is 5.10 Å². The van der Waals surface area contributed by atoms with Crippen LogP contribution in [-0.2, 0) is 6.54 Å². The maximum Gasteiger partial charge on any atom is 0.255 e. The van der Waals surface area contributed by atoms with Crippen molar-refractivity contribution >= 4 is 11.6 Å². The number of aryl methyl sites for hydroxylation is 2. The third-order valence-electron chi connectivity index (χ3n) is 3.80. The lowest BCUT2D eigenvalue weighted by Gasteiger charge is -2.06. The first-order valence-electron chi connectivity index (χ1n) is 8.05. The lowest BCUT2D eigenvalue weighted by molar-refractivity contribution is 0.102. The monoisotopic (exact) mass is 340 g/mol. The van der Waals surface area contributed by atoms with Crippen LogP contribution >= 0.6 is 0 Å². The second-order valence-corrected chi connectivity index (χ2v) is 5.64. The number of carbonyl (C=O) groups excluding carboxylic acids is 1. The predicted octanol–water partition coefficient (Wildman–Crippen LogP) is 3.19. The molecule has 0 unspecified atom stereocenters. The van der Waals surface area contributed by atoms with Crippen LogP contribution in [0.4, 0.5) is 5.69 Å². The molecule has 0 atom stereocenters. The number of aromatic nitrogens is 3. The van der Waals surface area contributed by atoms with E-state index in [0.29, 0.717) is 30.2 Å². The molecule has 0 radical (unpaired) electrons. The molecule has 2 heterocycles. The van der Waals surface area contributed by atoms with Gasteiger partial charge in [0.15, 0.2) is 0 Å². The molecule has 0 aliphatic rings. The summed E-state index contributed by atoms with van der Waals surface area (Å²) in [6.07, 6.45) is 3.39. The summed E-state index contributed by atoms with van der Waals surface area (Å²) >= 11 is 0. The summed E-state index contributed by atoms with van der Waals surface area (Å²) in [5, 5.41) is 11.0. The van der Waals surface area contributed by atoms with Gasteiger partial charge in [0.2, 0.25) is 0 Å². The number of amides is 1. The molecule has 1 aromatic carbocycles. The van der Waals surface area contributed by atoms with E-state index in [2.05, 4.69) is 15.6 Å². The number of ether oxygens (including phenoxy) is 1.